The molecule has 0 aliphatic heterocycles. The molecule has 106 valence electrons. The molecule has 2 rings (SSSR count). The normalized spacial score (nSPS) is 12.5. The van der Waals surface area contributed by atoms with Gasteiger partial charge in [0.2, 0.25) is 0 Å². The van der Waals surface area contributed by atoms with Crippen molar-refractivity contribution in [1.29, 1.82) is 0 Å². The molecular weight excluding hydrogens is 314 g/mol. The first-order valence-electron chi connectivity index (χ1n) is 6.71. The number of methoxy groups -OCH3 is 1. The van der Waals surface area contributed by atoms with E-state index in [1.807, 2.05) is 18.2 Å². The van der Waals surface area contributed by atoms with Crippen molar-refractivity contribution in [3.05, 3.63) is 63.6 Å². The van der Waals surface area contributed by atoms with Crippen molar-refractivity contribution in [3.63, 3.8) is 0 Å². The van der Waals surface area contributed by atoms with Gasteiger partial charge in [-0.3, -0.25) is 0 Å². The molecule has 1 unspecified atom stereocenters. The van der Waals surface area contributed by atoms with Crippen LogP contribution < -0.4 is 10.5 Å². The largest absolute Gasteiger partial charge is 0.496 e. The van der Waals surface area contributed by atoms with Crippen LogP contribution >= 0.6 is 15.9 Å². The van der Waals surface area contributed by atoms with Crippen molar-refractivity contribution in [3.8, 4) is 5.75 Å². The van der Waals surface area contributed by atoms with Crippen molar-refractivity contribution < 1.29 is 4.74 Å². The second kappa shape index (κ2) is 6.42. The summed E-state index contributed by atoms with van der Waals surface area (Å²) in [7, 11) is 1.66. The maximum absolute atomic E-state index is 6.34. The fourth-order valence-corrected chi connectivity index (χ4v) is 2.72. The topological polar surface area (TPSA) is 35.2 Å². The van der Waals surface area contributed by atoms with Crippen LogP contribution in [0.25, 0.3) is 0 Å². The Morgan fingerprint density at radius 3 is 2.00 bits per heavy atom. The lowest BCUT2D eigenvalue weighted by atomic mass is 9.96. The van der Waals surface area contributed by atoms with Gasteiger partial charge in [-0.05, 0) is 50.7 Å². The summed E-state index contributed by atoms with van der Waals surface area (Å²) >= 11 is 3.50. The molecule has 1 atom stereocenters. The summed E-state index contributed by atoms with van der Waals surface area (Å²) in [5.41, 5.74) is 9.85. The van der Waals surface area contributed by atoms with Gasteiger partial charge < -0.3 is 10.5 Å². The molecule has 0 spiro atoms. The molecule has 0 heterocycles. The first kappa shape index (κ1) is 15.1. The van der Waals surface area contributed by atoms with Gasteiger partial charge in [-0.2, -0.15) is 0 Å². The Hall–Kier alpha value is -1.32. The lowest BCUT2D eigenvalue weighted by molar-refractivity contribution is 0.412. The molecule has 0 radical (unpaired) electrons. The van der Waals surface area contributed by atoms with Crippen LogP contribution in [0.5, 0.6) is 5.75 Å². The van der Waals surface area contributed by atoms with E-state index in [1.54, 1.807) is 7.11 Å². The van der Waals surface area contributed by atoms with E-state index in [0.29, 0.717) is 5.92 Å². The number of hydrogen-bond donors (Lipinski definition) is 1. The molecule has 2 aromatic carbocycles. The highest BCUT2D eigenvalue weighted by atomic mass is 79.9. The average molecular weight is 334 g/mol. The van der Waals surface area contributed by atoms with Gasteiger partial charge in [0, 0.05) is 0 Å². The maximum Gasteiger partial charge on any atom is 0.133 e. The van der Waals surface area contributed by atoms with E-state index in [1.165, 1.54) is 5.56 Å². The van der Waals surface area contributed by atoms with Crippen molar-refractivity contribution >= 4 is 15.9 Å². The third kappa shape index (κ3) is 3.22. The second-order valence-electron chi connectivity index (χ2n) is 5.19. The van der Waals surface area contributed by atoms with Gasteiger partial charge in [0.05, 0.1) is 17.6 Å². The van der Waals surface area contributed by atoms with E-state index in [4.69, 9.17) is 10.5 Å². The third-order valence-corrected chi connectivity index (χ3v) is 4.12. The molecule has 2 aromatic rings. The Labute approximate surface area is 129 Å². The van der Waals surface area contributed by atoms with Gasteiger partial charge in [0.1, 0.15) is 5.75 Å². The maximum atomic E-state index is 6.34. The Morgan fingerprint density at radius 2 is 1.50 bits per heavy atom. The van der Waals surface area contributed by atoms with Crippen LogP contribution in [-0.4, -0.2) is 7.11 Å². The minimum Gasteiger partial charge on any atom is -0.496 e. The second-order valence-corrected chi connectivity index (χ2v) is 6.05. The summed E-state index contributed by atoms with van der Waals surface area (Å²) in [4.78, 5) is 0. The summed E-state index contributed by atoms with van der Waals surface area (Å²) in [6, 6.07) is 14.3. The number of halogens is 1. The predicted octanol–water partition coefficient (Wildman–Crippen LogP) is 4.63. The molecule has 0 fully saturated rings. The molecule has 2 N–H and O–H groups in total. The fourth-order valence-electron chi connectivity index (χ4n) is 2.16. The summed E-state index contributed by atoms with van der Waals surface area (Å²) in [5.74, 6) is 1.35. The highest BCUT2D eigenvalue weighted by molar-refractivity contribution is 9.10. The van der Waals surface area contributed by atoms with E-state index in [9.17, 15) is 0 Å². The SMILES string of the molecule is COc1ccc(C(N)c2ccc(C(C)C)cc2)cc1Br. The van der Waals surface area contributed by atoms with Gasteiger partial charge in [0.15, 0.2) is 0 Å². The van der Waals surface area contributed by atoms with Crippen molar-refractivity contribution in [2.24, 2.45) is 5.73 Å². The van der Waals surface area contributed by atoms with Gasteiger partial charge >= 0.3 is 0 Å². The van der Waals surface area contributed by atoms with Crippen LogP contribution in [0, 0.1) is 0 Å². The van der Waals surface area contributed by atoms with Gasteiger partial charge in [-0.15, -0.1) is 0 Å². The minimum absolute atomic E-state index is 0.126. The van der Waals surface area contributed by atoms with Crippen LogP contribution in [0.1, 0.15) is 42.5 Å². The molecule has 0 saturated heterocycles. The molecule has 0 bridgehead atoms. The number of nitrogens with two attached hydrogens (primary N) is 1. The first-order valence-corrected chi connectivity index (χ1v) is 7.51. The first-order chi connectivity index (χ1) is 9.52. The Kier molecular flexibility index (Phi) is 4.84. The smallest absolute Gasteiger partial charge is 0.133 e. The Bertz CT molecular complexity index is 578. The number of benzene rings is 2. The van der Waals surface area contributed by atoms with E-state index >= 15 is 0 Å². The molecule has 0 aromatic heterocycles. The Morgan fingerprint density at radius 1 is 0.950 bits per heavy atom. The number of rotatable bonds is 4. The van der Waals surface area contributed by atoms with E-state index in [2.05, 4.69) is 54.0 Å². The van der Waals surface area contributed by atoms with Crippen LogP contribution in [0.4, 0.5) is 0 Å². The summed E-state index contributed by atoms with van der Waals surface area (Å²) < 4.78 is 6.16. The number of ether oxygens (including phenoxy) is 1. The highest BCUT2D eigenvalue weighted by Crippen LogP contribution is 2.30. The fraction of sp³-hybridized carbons (Fsp3) is 0.294. The zero-order valence-corrected chi connectivity index (χ0v) is 13.6. The van der Waals surface area contributed by atoms with E-state index in [-0.39, 0.29) is 6.04 Å². The van der Waals surface area contributed by atoms with Crippen LogP contribution in [0.2, 0.25) is 0 Å². The molecule has 20 heavy (non-hydrogen) atoms. The van der Waals surface area contributed by atoms with Crippen molar-refractivity contribution in [2.45, 2.75) is 25.8 Å². The van der Waals surface area contributed by atoms with Gasteiger partial charge in [-0.1, -0.05) is 44.2 Å². The average Bonchev–Trinajstić information content (AvgIpc) is 2.46. The van der Waals surface area contributed by atoms with Crippen LogP contribution in [0.15, 0.2) is 46.9 Å². The van der Waals surface area contributed by atoms with Crippen molar-refractivity contribution in [2.75, 3.05) is 7.11 Å². The zero-order valence-electron chi connectivity index (χ0n) is 12.1. The van der Waals surface area contributed by atoms with E-state index in [0.717, 1.165) is 21.3 Å². The quantitative estimate of drug-likeness (QED) is 0.885. The standard InChI is InChI=1S/C17H20BrNO/c1-11(2)12-4-6-13(7-5-12)17(19)14-8-9-16(20-3)15(18)10-14/h4-11,17H,19H2,1-3H3. The highest BCUT2D eigenvalue weighted by Gasteiger charge is 2.11. The lowest BCUT2D eigenvalue weighted by Crippen LogP contribution is -2.12. The number of hydrogen-bond acceptors (Lipinski definition) is 2. The molecule has 3 heteroatoms. The Balaban J connectivity index is 2.26. The summed E-state index contributed by atoms with van der Waals surface area (Å²) in [6.07, 6.45) is 0. The molecule has 2 nitrogen and oxygen atoms in total. The summed E-state index contributed by atoms with van der Waals surface area (Å²) in [5, 5.41) is 0. The lowest BCUT2D eigenvalue weighted by Gasteiger charge is -2.15. The van der Waals surface area contributed by atoms with Crippen molar-refractivity contribution in [1.82, 2.24) is 0 Å². The third-order valence-electron chi connectivity index (χ3n) is 3.50. The molecule has 0 saturated carbocycles. The zero-order chi connectivity index (χ0) is 14.7. The van der Waals surface area contributed by atoms with Crippen LogP contribution in [0.3, 0.4) is 0 Å². The monoisotopic (exact) mass is 333 g/mol. The molecule has 0 amide bonds. The predicted molar refractivity (Wildman–Crippen MR) is 87.3 cm³/mol. The van der Waals surface area contributed by atoms with Gasteiger partial charge in [-0.25, -0.2) is 0 Å². The molecule has 0 aliphatic carbocycles. The van der Waals surface area contributed by atoms with Crippen LogP contribution in [-0.2, 0) is 0 Å². The summed E-state index contributed by atoms with van der Waals surface area (Å²) in [6.45, 7) is 4.38. The van der Waals surface area contributed by atoms with E-state index < -0.39 is 0 Å². The van der Waals surface area contributed by atoms with Gasteiger partial charge in [0.25, 0.3) is 0 Å². The minimum atomic E-state index is -0.126. The molecule has 0 aliphatic rings. The molecular formula is C17H20BrNO.